The zero-order valence-corrected chi connectivity index (χ0v) is 13.2. The van der Waals surface area contributed by atoms with E-state index in [1.165, 1.54) is 5.56 Å². The van der Waals surface area contributed by atoms with Crippen LogP contribution in [0.2, 0.25) is 0 Å². The fraction of sp³-hybridized carbons (Fsp3) is 0.278. The van der Waals surface area contributed by atoms with Crippen LogP contribution in [0, 0.1) is 11.3 Å². The topological polar surface area (TPSA) is 66.5 Å². The van der Waals surface area contributed by atoms with Crippen LogP contribution in [0.5, 0.6) is 0 Å². The highest BCUT2D eigenvalue weighted by molar-refractivity contribution is 5.63. The molecule has 1 aliphatic rings. The van der Waals surface area contributed by atoms with Crippen LogP contribution in [0.1, 0.15) is 11.4 Å². The highest BCUT2D eigenvalue weighted by atomic mass is 16.5. The average Bonchev–Trinajstić information content (AvgIpc) is 3.07. The smallest absolute Gasteiger partial charge is 0.253 e. The van der Waals surface area contributed by atoms with Crippen molar-refractivity contribution in [2.75, 3.05) is 26.3 Å². The molecule has 0 spiro atoms. The van der Waals surface area contributed by atoms with E-state index in [0.29, 0.717) is 5.65 Å². The maximum absolute atomic E-state index is 8.99. The summed E-state index contributed by atoms with van der Waals surface area (Å²) in [7, 11) is 0. The van der Waals surface area contributed by atoms with Crippen LogP contribution in [0.3, 0.4) is 0 Å². The van der Waals surface area contributed by atoms with E-state index in [1.54, 1.807) is 4.52 Å². The molecule has 1 aromatic carbocycles. The second-order valence-electron chi connectivity index (χ2n) is 5.81. The van der Waals surface area contributed by atoms with E-state index in [2.05, 4.69) is 39.2 Å². The standard InChI is InChI=1S/C18H17N5O/c19-12-17-20-18-3-1-2-16(23(18)21-17)15-6-4-14(5-7-15)13-22-8-10-24-11-9-22/h1-7H,8-11,13H2. The predicted octanol–water partition coefficient (Wildman–Crippen LogP) is 2.10. The Morgan fingerprint density at radius 3 is 2.62 bits per heavy atom. The van der Waals surface area contributed by atoms with Crippen molar-refractivity contribution in [3.05, 3.63) is 53.9 Å². The molecule has 0 saturated carbocycles. The molecule has 24 heavy (non-hydrogen) atoms. The highest BCUT2D eigenvalue weighted by Crippen LogP contribution is 2.21. The summed E-state index contributed by atoms with van der Waals surface area (Å²) in [6, 6.07) is 16.2. The van der Waals surface area contributed by atoms with Crippen molar-refractivity contribution in [1.29, 1.82) is 5.26 Å². The number of fused-ring (bicyclic) bond motifs is 1. The first-order valence-corrected chi connectivity index (χ1v) is 7.99. The van der Waals surface area contributed by atoms with Crippen molar-refractivity contribution in [1.82, 2.24) is 19.5 Å². The van der Waals surface area contributed by atoms with Gasteiger partial charge in [-0.2, -0.15) is 10.2 Å². The molecule has 0 aliphatic carbocycles. The number of benzene rings is 1. The van der Waals surface area contributed by atoms with Crippen LogP contribution < -0.4 is 0 Å². The number of hydrogen-bond donors (Lipinski definition) is 0. The molecule has 0 N–H and O–H groups in total. The molecule has 0 radical (unpaired) electrons. The number of nitrogens with zero attached hydrogens (tertiary/aromatic N) is 5. The van der Waals surface area contributed by atoms with Crippen molar-refractivity contribution >= 4 is 5.65 Å². The van der Waals surface area contributed by atoms with Gasteiger partial charge in [0.25, 0.3) is 5.82 Å². The van der Waals surface area contributed by atoms with Gasteiger partial charge in [0.2, 0.25) is 0 Å². The molecule has 2 aromatic heterocycles. The Balaban J connectivity index is 1.61. The first-order chi connectivity index (χ1) is 11.8. The second kappa shape index (κ2) is 6.40. The lowest BCUT2D eigenvalue weighted by Crippen LogP contribution is -2.35. The summed E-state index contributed by atoms with van der Waals surface area (Å²) in [6.45, 7) is 4.53. The monoisotopic (exact) mass is 319 g/mol. The van der Waals surface area contributed by atoms with Gasteiger partial charge in [-0.1, -0.05) is 30.3 Å². The fourth-order valence-corrected chi connectivity index (χ4v) is 2.97. The van der Waals surface area contributed by atoms with E-state index < -0.39 is 0 Å². The van der Waals surface area contributed by atoms with Gasteiger partial charge in [0.1, 0.15) is 6.07 Å². The lowest BCUT2D eigenvalue weighted by atomic mass is 10.1. The SMILES string of the molecule is N#Cc1nc2cccc(-c3ccc(CN4CCOCC4)cc3)n2n1. The molecule has 1 saturated heterocycles. The molecule has 4 rings (SSSR count). The van der Waals surface area contributed by atoms with Crippen LogP contribution in [-0.2, 0) is 11.3 Å². The van der Waals surface area contributed by atoms with Crippen LogP contribution >= 0.6 is 0 Å². The number of hydrogen-bond acceptors (Lipinski definition) is 5. The minimum atomic E-state index is 0.186. The Morgan fingerprint density at radius 2 is 1.88 bits per heavy atom. The van der Waals surface area contributed by atoms with Gasteiger partial charge < -0.3 is 4.74 Å². The third-order valence-corrected chi connectivity index (χ3v) is 4.22. The largest absolute Gasteiger partial charge is 0.379 e. The molecule has 0 amide bonds. The maximum Gasteiger partial charge on any atom is 0.253 e. The first kappa shape index (κ1) is 14.8. The van der Waals surface area contributed by atoms with Gasteiger partial charge in [0, 0.05) is 25.2 Å². The van der Waals surface area contributed by atoms with E-state index in [0.717, 1.165) is 44.1 Å². The van der Waals surface area contributed by atoms with Crippen LogP contribution in [0.4, 0.5) is 0 Å². The van der Waals surface area contributed by atoms with Gasteiger partial charge in [0.15, 0.2) is 5.65 Å². The lowest BCUT2D eigenvalue weighted by molar-refractivity contribution is 0.0342. The molecule has 120 valence electrons. The summed E-state index contributed by atoms with van der Waals surface area (Å²) in [5, 5.41) is 13.2. The minimum Gasteiger partial charge on any atom is -0.379 e. The third-order valence-electron chi connectivity index (χ3n) is 4.22. The Bertz CT molecular complexity index is 888. The molecule has 3 heterocycles. The van der Waals surface area contributed by atoms with Gasteiger partial charge >= 0.3 is 0 Å². The Morgan fingerprint density at radius 1 is 1.08 bits per heavy atom. The summed E-state index contributed by atoms with van der Waals surface area (Å²) in [4.78, 5) is 6.58. The average molecular weight is 319 g/mol. The molecule has 3 aromatic rings. The summed E-state index contributed by atoms with van der Waals surface area (Å²) in [6.07, 6.45) is 0. The molecule has 0 bridgehead atoms. The Hall–Kier alpha value is -2.75. The Labute approximate surface area is 139 Å². The third kappa shape index (κ3) is 2.87. The summed E-state index contributed by atoms with van der Waals surface area (Å²) in [5.41, 5.74) is 3.95. The highest BCUT2D eigenvalue weighted by Gasteiger charge is 2.11. The number of ether oxygens (including phenoxy) is 1. The summed E-state index contributed by atoms with van der Waals surface area (Å²) < 4.78 is 7.10. The van der Waals surface area contributed by atoms with E-state index in [-0.39, 0.29) is 5.82 Å². The molecule has 6 heteroatoms. The van der Waals surface area contributed by atoms with Gasteiger partial charge in [0.05, 0.1) is 18.9 Å². The van der Waals surface area contributed by atoms with Crippen molar-refractivity contribution in [2.24, 2.45) is 0 Å². The zero-order chi connectivity index (χ0) is 16.4. The summed E-state index contributed by atoms with van der Waals surface area (Å²) in [5.74, 6) is 0.186. The van der Waals surface area contributed by atoms with E-state index >= 15 is 0 Å². The summed E-state index contributed by atoms with van der Waals surface area (Å²) >= 11 is 0. The van der Waals surface area contributed by atoms with Crippen LogP contribution in [0.25, 0.3) is 16.9 Å². The molecular weight excluding hydrogens is 302 g/mol. The van der Waals surface area contributed by atoms with Crippen molar-refractivity contribution in [2.45, 2.75) is 6.54 Å². The maximum atomic E-state index is 8.99. The van der Waals surface area contributed by atoms with Crippen LogP contribution in [0.15, 0.2) is 42.5 Å². The number of nitriles is 1. The van der Waals surface area contributed by atoms with E-state index in [4.69, 9.17) is 10.00 Å². The van der Waals surface area contributed by atoms with Gasteiger partial charge in [-0.05, 0) is 17.7 Å². The Kier molecular flexibility index (Phi) is 3.95. The lowest BCUT2D eigenvalue weighted by Gasteiger charge is -2.26. The number of aromatic nitrogens is 3. The van der Waals surface area contributed by atoms with Crippen LogP contribution in [-0.4, -0.2) is 45.8 Å². The quantitative estimate of drug-likeness (QED) is 0.739. The number of pyridine rings is 1. The number of rotatable bonds is 3. The van der Waals surface area contributed by atoms with E-state index in [1.807, 2.05) is 24.3 Å². The molecule has 6 nitrogen and oxygen atoms in total. The number of morpholine rings is 1. The van der Waals surface area contributed by atoms with Gasteiger partial charge in [-0.25, -0.2) is 4.52 Å². The predicted molar refractivity (Wildman–Crippen MR) is 89.2 cm³/mol. The van der Waals surface area contributed by atoms with Gasteiger partial charge in [-0.15, -0.1) is 5.10 Å². The van der Waals surface area contributed by atoms with E-state index in [9.17, 15) is 0 Å². The van der Waals surface area contributed by atoms with Crippen molar-refractivity contribution < 1.29 is 4.74 Å². The zero-order valence-electron chi connectivity index (χ0n) is 13.2. The molecule has 1 fully saturated rings. The normalized spacial score (nSPS) is 15.5. The molecule has 0 unspecified atom stereocenters. The molecular formula is C18H17N5O. The van der Waals surface area contributed by atoms with Crippen molar-refractivity contribution in [3.63, 3.8) is 0 Å². The molecule has 0 atom stereocenters. The second-order valence-corrected chi connectivity index (χ2v) is 5.81. The van der Waals surface area contributed by atoms with Gasteiger partial charge in [-0.3, -0.25) is 4.90 Å². The molecule has 1 aliphatic heterocycles. The fourth-order valence-electron chi connectivity index (χ4n) is 2.97. The first-order valence-electron chi connectivity index (χ1n) is 7.99. The van der Waals surface area contributed by atoms with Crippen molar-refractivity contribution in [3.8, 4) is 17.3 Å². The minimum absolute atomic E-state index is 0.186.